The first-order chi connectivity index (χ1) is 7.81. The second-order valence-electron chi connectivity index (χ2n) is 3.60. The molecule has 2 amide bonds. The summed E-state index contributed by atoms with van der Waals surface area (Å²) in [4.78, 5) is 34.1. The van der Waals surface area contributed by atoms with Crippen molar-refractivity contribution in [1.82, 2.24) is 4.90 Å². The Kier molecular flexibility index (Phi) is 6.59. The molecule has 2 atom stereocenters. The molecule has 0 aromatic heterocycles. The molecule has 0 saturated heterocycles. The number of thiol groups is 1. The number of carbonyl (C=O) groups is 3. The predicted molar refractivity (Wildman–Crippen MR) is 64.5 cm³/mol. The van der Waals surface area contributed by atoms with Crippen LogP contribution >= 0.6 is 12.6 Å². The van der Waals surface area contributed by atoms with Crippen LogP contribution in [0.5, 0.6) is 0 Å². The Morgan fingerprint density at radius 1 is 1.41 bits per heavy atom. The van der Waals surface area contributed by atoms with Gasteiger partial charge in [-0.2, -0.15) is 12.6 Å². The monoisotopic (exact) mass is 263 g/mol. The van der Waals surface area contributed by atoms with E-state index in [4.69, 9.17) is 16.6 Å². The van der Waals surface area contributed by atoms with Crippen LogP contribution in [0.3, 0.4) is 0 Å². The van der Waals surface area contributed by atoms with Crippen LogP contribution in [0.4, 0.5) is 0 Å². The summed E-state index contributed by atoms with van der Waals surface area (Å²) in [5.41, 5.74) is 10.5. The molecule has 0 aromatic rings. The lowest BCUT2D eigenvalue weighted by Crippen LogP contribution is -2.50. The molecule has 0 saturated carbocycles. The molecular weight excluding hydrogens is 246 g/mol. The second-order valence-corrected chi connectivity index (χ2v) is 3.96. The average Bonchev–Trinajstić information content (AvgIpc) is 2.24. The van der Waals surface area contributed by atoms with Crippen molar-refractivity contribution in [2.45, 2.75) is 24.9 Å². The maximum absolute atomic E-state index is 11.7. The smallest absolute Gasteiger partial charge is 0.327 e. The summed E-state index contributed by atoms with van der Waals surface area (Å²) in [7, 11) is 1.33. The molecule has 5 N–H and O–H groups in total. The molecule has 0 fully saturated rings. The lowest BCUT2D eigenvalue weighted by atomic mass is 10.1. The Morgan fingerprint density at radius 3 is 2.29 bits per heavy atom. The van der Waals surface area contributed by atoms with Crippen molar-refractivity contribution in [3.05, 3.63) is 0 Å². The minimum Gasteiger partial charge on any atom is -0.480 e. The summed E-state index contributed by atoms with van der Waals surface area (Å²) >= 11 is 3.85. The second kappa shape index (κ2) is 7.13. The van der Waals surface area contributed by atoms with E-state index < -0.39 is 29.9 Å². The lowest BCUT2D eigenvalue weighted by molar-refractivity contribution is -0.148. The van der Waals surface area contributed by atoms with Crippen molar-refractivity contribution in [3.63, 3.8) is 0 Å². The largest absolute Gasteiger partial charge is 0.480 e. The maximum Gasteiger partial charge on any atom is 0.327 e. The van der Waals surface area contributed by atoms with Crippen LogP contribution in [0.25, 0.3) is 0 Å². The van der Waals surface area contributed by atoms with Crippen LogP contribution in [0.1, 0.15) is 12.8 Å². The normalized spacial score (nSPS) is 13.8. The number of primary amides is 1. The van der Waals surface area contributed by atoms with Gasteiger partial charge in [0.25, 0.3) is 0 Å². The van der Waals surface area contributed by atoms with Gasteiger partial charge in [0.1, 0.15) is 6.04 Å². The molecule has 98 valence electrons. The van der Waals surface area contributed by atoms with Gasteiger partial charge in [0.2, 0.25) is 11.8 Å². The van der Waals surface area contributed by atoms with Crippen LogP contribution in [0.15, 0.2) is 0 Å². The number of nitrogens with two attached hydrogens (primary N) is 2. The first kappa shape index (κ1) is 15.7. The van der Waals surface area contributed by atoms with Gasteiger partial charge in [-0.3, -0.25) is 9.59 Å². The van der Waals surface area contributed by atoms with Crippen LogP contribution in [0, 0.1) is 0 Å². The van der Waals surface area contributed by atoms with Crippen molar-refractivity contribution in [3.8, 4) is 0 Å². The zero-order valence-corrected chi connectivity index (χ0v) is 10.4. The molecule has 0 aromatic carbocycles. The molecule has 0 bridgehead atoms. The van der Waals surface area contributed by atoms with E-state index in [2.05, 4.69) is 12.6 Å². The zero-order valence-electron chi connectivity index (χ0n) is 9.50. The number of rotatable bonds is 7. The number of aliphatic carboxylic acids is 1. The number of hydrogen-bond acceptors (Lipinski definition) is 5. The van der Waals surface area contributed by atoms with Crippen LogP contribution < -0.4 is 11.5 Å². The van der Waals surface area contributed by atoms with Gasteiger partial charge >= 0.3 is 5.97 Å². The molecule has 0 heterocycles. The maximum atomic E-state index is 11.7. The molecule has 0 aliphatic heterocycles. The molecule has 8 heteroatoms. The molecule has 0 aliphatic rings. The highest BCUT2D eigenvalue weighted by Crippen LogP contribution is 2.05. The van der Waals surface area contributed by atoms with Gasteiger partial charge in [0.05, 0.1) is 6.04 Å². The summed E-state index contributed by atoms with van der Waals surface area (Å²) in [5.74, 6) is -2.27. The fraction of sp³-hybridized carbons (Fsp3) is 0.667. The predicted octanol–water partition coefficient (Wildman–Crippen LogP) is -1.58. The van der Waals surface area contributed by atoms with Gasteiger partial charge in [0.15, 0.2) is 0 Å². The Bertz CT molecular complexity index is 311. The highest BCUT2D eigenvalue weighted by Gasteiger charge is 2.28. The Hall–Kier alpha value is -1.28. The molecule has 0 unspecified atom stereocenters. The zero-order chi connectivity index (χ0) is 13.6. The first-order valence-corrected chi connectivity index (χ1v) is 5.58. The molecule has 7 nitrogen and oxygen atoms in total. The third-order valence-electron chi connectivity index (χ3n) is 2.29. The van der Waals surface area contributed by atoms with E-state index in [1.807, 2.05) is 0 Å². The third kappa shape index (κ3) is 5.05. The van der Waals surface area contributed by atoms with Crippen molar-refractivity contribution >= 4 is 30.4 Å². The van der Waals surface area contributed by atoms with E-state index in [-0.39, 0.29) is 18.6 Å². The van der Waals surface area contributed by atoms with Gasteiger partial charge in [-0.05, 0) is 6.42 Å². The summed E-state index contributed by atoms with van der Waals surface area (Å²) < 4.78 is 0. The highest BCUT2D eigenvalue weighted by molar-refractivity contribution is 7.80. The van der Waals surface area contributed by atoms with E-state index in [1.165, 1.54) is 7.05 Å². The Balaban J connectivity index is 4.46. The Labute approximate surface area is 105 Å². The van der Waals surface area contributed by atoms with Gasteiger partial charge in [-0.15, -0.1) is 0 Å². The minimum absolute atomic E-state index is 0.0138. The molecule has 0 rings (SSSR count). The van der Waals surface area contributed by atoms with Crippen LogP contribution in [-0.2, 0) is 14.4 Å². The van der Waals surface area contributed by atoms with Gasteiger partial charge in [0, 0.05) is 19.2 Å². The number of carboxylic acid groups (broad SMARTS) is 1. The van der Waals surface area contributed by atoms with E-state index in [1.54, 1.807) is 0 Å². The van der Waals surface area contributed by atoms with Crippen molar-refractivity contribution in [2.24, 2.45) is 11.5 Å². The van der Waals surface area contributed by atoms with Gasteiger partial charge in [-0.25, -0.2) is 4.79 Å². The number of hydrogen-bond donors (Lipinski definition) is 4. The fourth-order valence-corrected chi connectivity index (χ4v) is 1.60. The standard InChI is InChI=1S/C9H17N3O4S/c1-12(6(4-17)9(15)16)8(14)5(10)2-3-7(11)13/h5-6,17H,2-4,10H2,1H3,(H2,11,13)(H,15,16)/t5-,6-/m0/s1. The first-order valence-electron chi connectivity index (χ1n) is 4.95. The average molecular weight is 263 g/mol. The minimum atomic E-state index is -1.15. The Morgan fingerprint density at radius 2 is 1.94 bits per heavy atom. The number of nitrogens with zero attached hydrogens (tertiary/aromatic N) is 1. The highest BCUT2D eigenvalue weighted by atomic mass is 32.1. The number of amides is 2. The van der Waals surface area contributed by atoms with Crippen molar-refractivity contribution in [1.29, 1.82) is 0 Å². The number of carboxylic acids is 1. The quantitative estimate of drug-likeness (QED) is 0.412. The van der Waals surface area contributed by atoms with Crippen molar-refractivity contribution < 1.29 is 19.5 Å². The van der Waals surface area contributed by atoms with Gasteiger partial charge < -0.3 is 21.5 Å². The number of likely N-dealkylation sites (N-methyl/N-ethyl adjacent to an activating group) is 1. The molecule has 17 heavy (non-hydrogen) atoms. The van der Waals surface area contributed by atoms with Gasteiger partial charge in [-0.1, -0.05) is 0 Å². The van der Waals surface area contributed by atoms with Crippen molar-refractivity contribution in [2.75, 3.05) is 12.8 Å². The van der Waals surface area contributed by atoms with E-state index in [0.717, 1.165) is 4.90 Å². The van der Waals surface area contributed by atoms with Crippen LogP contribution in [-0.4, -0.2) is 52.7 Å². The topological polar surface area (TPSA) is 127 Å². The summed E-state index contributed by atoms with van der Waals surface area (Å²) in [5, 5.41) is 8.83. The van der Waals surface area contributed by atoms with Crippen LogP contribution in [0.2, 0.25) is 0 Å². The third-order valence-corrected chi connectivity index (χ3v) is 2.64. The summed E-state index contributed by atoms with van der Waals surface area (Å²) in [6, 6.07) is -1.97. The lowest BCUT2D eigenvalue weighted by Gasteiger charge is -2.26. The van der Waals surface area contributed by atoms with E-state index in [0.29, 0.717) is 0 Å². The van der Waals surface area contributed by atoms with E-state index in [9.17, 15) is 14.4 Å². The molecular formula is C9H17N3O4S. The SMILES string of the molecule is CN(C(=O)[C@@H](N)CCC(N)=O)[C@@H](CS)C(=O)O. The molecule has 0 aliphatic carbocycles. The summed E-state index contributed by atoms with van der Waals surface area (Å²) in [6.07, 6.45) is 0.0801. The molecule has 0 radical (unpaired) electrons. The summed E-state index contributed by atoms with van der Waals surface area (Å²) in [6.45, 7) is 0. The van der Waals surface area contributed by atoms with E-state index >= 15 is 0 Å². The molecule has 0 spiro atoms. The number of carbonyl (C=O) groups excluding carboxylic acids is 2. The fourth-order valence-electron chi connectivity index (χ4n) is 1.20.